The third-order valence-corrected chi connectivity index (χ3v) is 4.53. The molecule has 1 amide bonds. The summed E-state index contributed by atoms with van der Waals surface area (Å²) in [6, 6.07) is 14.6. The van der Waals surface area contributed by atoms with Crippen LogP contribution in [0.1, 0.15) is 29.9 Å². The maximum Gasteiger partial charge on any atom is 0.292 e. The summed E-state index contributed by atoms with van der Waals surface area (Å²) in [5, 5.41) is 16.9. The molecule has 0 radical (unpaired) electrons. The van der Waals surface area contributed by atoms with Gasteiger partial charge in [0.15, 0.2) is 0 Å². The number of carbonyl (C=O) groups is 1. The minimum absolute atomic E-state index is 0.0245. The van der Waals surface area contributed by atoms with Gasteiger partial charge in [-0.1, -0.05) is 36.4 Å². The largest absolute Gasteiger partial charge is 0.378 e. The number of nitro groups is 1. The molecule has 25 heavy (non-hydrogen) atoms. The number of hydrogen-bond acceptors (Lipinski definition) is 4. The number of hydrogen-bond donors (Lipinski definition) is 2. The van der Waals surface area contributed by atoms with Crippen molar-refractivity contribution in [2.45, 2.75) is 25.2 Å². The number of para-hydroxylation sites is 2. The van der Waals surface area contributed by atoms with E-state index >= 15 is 0 Å². The molecule has 0 saturated heterocycles. The molecule has 1 atom stereocenters. The highest BCUT2D eigenvalue weighted by Crippen LogP contribution is 2.31. The van der Waals surface area contributed by atoms with Crippen molar-refractivity contribution in [3.05, 3.63) is 69.8 Å². The highest BCUT2D eigenvalue weighted by molar-refractivity contribution is 5.84. The maximum absolute atomic E-state index is 12.5. The molecule has 0 aromatic heterocycles. The molecule has 3 rings (SSSR count). The number of nitrogens with one attached hydrogen (secondary N) is 2. The molecule has 130 valence electrons. The van der Waals surface area contributed by atoms with E-state index in [2.05, 4.69) is 16.7 Å². The molecule has 0 bridgehead atoms. The molecular weight excluding hydrogens is 318 g/mol. The fraction of sp³-hybridized carbons (Fsp3) is 0.316. The van der Waals surface area contributed by atoms with Gasteiger partial charge in [0.1, 0.15) is 5.69 Å². The van der Waals surface area contributed by atoms with Gasteiger partial charge >= 0.3 is 0 Å². The molecule has 6 nitrogen and oxygen atoms in total. The molecule has 0 saturated carbocycles. The minimum Gasteiger partial charge on any atom is -0.378 e. The van der Waals surface area contributed by atoms with Crippen LogP contribution in [0, 0.1) is 10.1 Å². The second-order valence-electron chi connectivity index (χ2n) is 6.14. The van der Waals surface area contributed by atoms with E-state index in [0.717, 1.165) is 24.8 Å². The van der Waals surface area contributed by atoms with Crippen LogP contribution in [0.15, 0.2) is 48.5 Å². The quantitative estimate of drug-likeness (QED) is 0.481. The third kappa shape index (κ3) is 3.96. The summed E-state index contributed by atoms with van der Waals surface area (Å²) in [6.45, 7) is 0.856. The van der Waals surface area contributed by atoms with Gasteiger partial charge in [0.05, 0.1) is 10.8 Å². The van der Waals surface area contributed by atoms with Gasteiger partial charge in [-0.15, -0.1) is 0 Å². The number of carbonyl (C=O) groups excluding carboxylic acids is 1. The smallest absolute Gasteiger partial charge is 0.292 e. The SMILES string of the molecule is O=C(NCCNc1ccccc1[N+](=O)[O-])C1CCCc2ccccc21. The summed E-state index contributed by atoms with van der Waals surface area (Å²) in [5.41, 5.74) is 2.88. The van der Waals surface area contributed by atoms with Crippen molar-refractivity contribution in [1.82, 2.24) is 5.32 Å². The number of benzene rings is 2. The third-order valence-electron chi connectivity index (χ3n) is 4.53. The first-order chi connectivity index (χ1) is 12.2. The van der Waals surface area contributed by atoms with E-state index in [4.69, 9.17) is 0 Å². The molecule has 0 aliphatic heterocycles. The van der Waals surface area contributed by atoms with E-state index < -0.39 is 4.92 Å². The van der Waals surface area contributed by atoms with Crippen molar-refractivity contribution in [3.8, 4) is 0 Å². The molecule has 1 aliphatic carbocycles. The Kier molecular flexibility index (Phi) is 5.28. The zero-order chi connectivity index (χ0) is 17.6. The number of amides is 1. The van der Waals surface area contributed by atoms with Gasteiger partial charge in [-0.05, 0) is 36.5 Å². The Labute approximate surface area is 146 Å². The molecule has 1 aliphatic rings. The molecular formula is C19H21N3O3. The first kappa shape index (κ1) is 17.0. The van der Waals surface area contributed by atoms with Crippen molar-refractivity contribution >= 4 is 17.3 Å². The summed E-state index contributed by atoms with van der Waals surface area (Å²) < 4.78 is 0. The molecule has 0 spiro atoms. The average molecular weight is 339 g/mol. The lowest BCUT2D eigenvalue weighted by molar-refractivity contribution is -0.384. The normalized spacial score (nSPS) is 15.9. The van der Waals surface area contributed by atoms with Crippen LogP contribution >= 0.6 is 0 Å². The molecule has 0 heterocycles. The van der Waals surface area contributed by atoms with Gasteiger partial charge in [0, 0.05) is 19.2 Å². The van der Waals surface area contributed by atoms with E-state index in [0.29, 0.717) is 18.8 Å². The Hall–Kier alpha value is -2.89. The first-order valence-electron chi connectivity index (χ1n) is 8.49. The Morgan fingerprint density at radius 1 is 1.12 bits per heavy atom. The fourth-order valence-corrected chi connectivity index (χ4v) is 3.31. The van der Waals surface area contributed by atoms with E-state index in [-0.39, 0.29) is 17.5 Å². The molecule has 2 aromatic carbocycles. The van der Waals surface area contributed by atoms with Crippen LogP contribution in [-0.2, 0) is 11.2 Å². The number of rotatable bonds is 6. The van der Waals surface area contributed by atoms with Crippen molar-refractivity contribution < 1.29 is 9.72 Å². The van der Waals surface area contributed by atoms with Crippen LogP contribution in [0.5, 0.6) is 0 Å². The number of aryl methyl sites for hydroxylation is 1. The minimum atomic E-state index is -0.417. The van der Waals surface area contributed by atoms with E-state index in [1.807, 2.05) is 18.2 Å². The zero-order valence-electron chi connectivity index (χ0n) is 13.9. The highest BCUT2D eigenvalue weighted by Gasteiger charge is 2.25. The lowest BCUT2D eigenvalue weighted by Gasteiger charge is -2.24. The standard InChI is InChI=1S/C19H21N3O3/c23-19(16-9-5-7-14-6-1-2-8-15(14)16)21-13-12-20-17-10-3-4-11-18(17)22(24)25/h1-4,6,8,10-11,16,20H,5,7,9,12-13H2,(H,21,23). The topological polar surface area (TPSA) is 84.3 Å². The first-order valence-corrected chi connectivity index (χ1v) is 8.49. The maximum atomic E-state index is 12.5. The predicted octanol–water partition coefficient (Wildman–Crippen LogP) is 3.24. The molecule has 2 N–H and O–H groups in total. The highest BCUT2D eigenvalue weighted by atomic mass is 16.6. The van der Waals surface area contributed by atoms with Crippen molar-refractivity contribution in [2.75, 3.05) is 18.4 Å². The van der Waals surface area contributed by atoms with E-state index in [1.54, 1.807) is 18.2 Å². The van der Waals surface area contributed by atoms with Crippen LogP contribution < -0.4 is 10.6 Å². The van der Waals surface area contributed by atoms with Gasteiger partial charge in [-0.2, -0.15) is 0 Å². The van der Waals surface area contributed by atoms with Gasteiger partial charge in [-0.3, -0.25) is 14.9 Å². The van der Waals surface area contributed by atoms with Gasteiger partial charge in [-0.25, -0.2) is 0 Å². The average Bonchev–Trinajstić information content (AvgIpc) is 2.64. The van der Waals surface area contributed by atoms with Crippen LogP contribution in [0.2, 0.25) is 0 Å². The molecule has 6 heteroatoms. The second kappa shape index (κ2) is 7.79. The molecule has 1 unspecified atom stereocenters. The van der Waals surface area contributed by atoms with Gasteiger partial charge < -0.3 is 10.6 Å². The molecule has 0 fully saturated rings. The Bertz CT molecular complexity index is 776. The van der Waals surface area contributed by atoms with E-state index in [1.165, 1.54) is 11.6 Å². The molecule has 2 aromatic rings. The number of nitro benzene ring substituents is 1. The summed E-state index contributed by atoms with van der Waals surface area (Å²) in [5.74, 6) is -0.0764. The lowest BCUT2D eigenvalue weighted by Crippen LogP contribution is -2.34. The van der Waals surface area contributed by atoms with Crippen molar-refractivity contribution in [2.24, 2.45) is 0 Å². The van der Waals surface area contributed by atoms with Crippen LogP contribution in [0.4, 0.5) is 11.4 Å². The summed E-state index contributed by atoms with van der Waals surface area (Å²) in [6.07, 6.45) is 2.91. The van der Waals surface area contributed by atoms with Crippen LogP contribution in [0.25, 0.3) is 0 Å². The Balaban J connectivity index is 1.54. The van der Waals surface area contributed by atoms with Crippen molar-refractivity contribution in [3.63, 3.8) is 0 Å². The Morgan fingerprint density at radius 3 is 2.72 bits per heavy atom. The predicted molar refractivity (Wildman–Crippen MR) is 96.7 cm³/mol. The van der Waals surface area contributed by atoms with E-state index in [9.17, 15) is 14.9 Å². The zero-order valence-corrected chi connectivity index (χ0v) is 13.9. The summed E-state index contributed by atoms with van der Waals surface area (Å²) in [4.78, 5) is 23.1. The lowest BCUT2D eigenvalue weighted by atomic mass is 9.82. The number of nitrogens with zero attached hydrogens (tertiary/aromatic N) is 1. The monoisotopic (exact) mass is 339 g/mol. The van der Waals surface area contributed by atoms with Gasteiger partial charge in [0.2, 0.25) is 5.91 Å². The fourth-order valence-electron chi connectivity index (χ4n) is 3.31. The second-order valence-corrected chi connectivity index (χ2v) is 6.14. The summed E-state index contributed by atoms with van der Waals surface area (Å²) >= 11 is 0. The number of anilines is 1. The van der Waals surface area contributed by atoms with Crippen molar-refractivity contribution in [1.29, 1.82) is 0 Å². The van der Waals surface area contributed by atoms with Crippen LogP contribution in [-0.4, -0.2) is 23.9 Å². The van der Waals surface area contributed by atoms with Gasteiger partial charge in [0.25, 0.3) is 5.69 Å². The number of fused-ring (bicyclic) bond motifs is 1. The summed E-state index contributed by atoms with van der Waals surface area (Å²) in [7, 11) is 0. The Morgan fingerprint density at radius 2 is 1.88 bits per heavy atom. The van der Waals surface area contributed by atoms with Crippen LogP contribution in [0.3, 0.4) is 0 Å².